The number of benzene rings is 2. The van der Waals surface area contributed by atoms with Crippen LogP contribution in [0.25, 0.3) is 22.6 Å². The quantitative estimate of drug-likeness (QED) is 0.569. The van der Waals surface area contributed by atoms with Crippen LogP contribution in [-0.4, -0.2) is 28.2 Å². The summed E-state index contributed by atoms with van der Waals surface area (Å²) in [6.07, 6.45) is 5.35. The molecule has 0 saturated carbocycles. The standard InChI is InChI=1S/C20H17N3O3/c1-25-15-7-5-6-14(12-15)16-13-22-10-11-23(20(24)19(22)21-16)17-8-3-4-9-18(17)26-2/h3-13H,1-2H3. The number of ether oxygens (including phenoxy) is 2. The van der Waals surface area contributed by atoms with Crippen LogP contribution in [0.3, 0.4) is 0 Å². The van der Waals surface area contributed by atoms with Crippen LogP contribution in [0, 0.1) is 0 Å². The highest BCUT2D eigenvalue weighted by atomic mass is 16.5. The van der Waals surface area contributed by atoms with Crippen LogP contribution in [-0.2, 0) is 0 Å². The molecule has 6 heteroatoms. The van der Waals surface area contributed by atoms with E-state index >= 15 is 0 Å². The SMILES string of the molecule is COc1cccc(-c2cn3ccn(-c4ccccc4OC)c(=O)c3n2)c1. The smallest absolute Gasteiger partial charge is 0.298 e. The molecule has 0 bridgehead atoms. The molecule has 0 atom stereocenters. The molecule has 0 radical (unpaired) electrons. The minimum absolute atomic E-state index is 0.217. The summed E-state index contributed by atoms with van der Waals surface area (Å²) < 4.78 is 13.9. The highest BCUT2D eigenvalue weighted by Gasteiger charge is 2.12. The molecule has 0 spiro atoms. The topological polar surface area (TPSA) is 57.8 Å². The lowest BCUT2D eigenvalue weighted by atomic mass is 10.1. The molecule has 0 fully saturated rings. The van der Waals surface area contributed by atoms with Crippen molar-refractivity contribution in [2.75, 3.05) is 14.2 Å². The molecule has 4 aromatic rings. The van der Waals surface area contributed by atoms with Crippen molar-refractivity contribution in [1.82, 2.24) is 14.0 Å². The summed E-state index contributed by atoms with van der Waals surface area (Å²) in [6, 6.07) is 15.0. The predicted molar refractivity (Wildman–Crippen MR) is 99.3 cm³/mol. The van der Waals surface area contributed by atoms with E-state index in [9.17, 15) is 4.79 Å². The van der Waals surface area contributed by atoms with Gasteiger partial charge in [0.1, 0.15) is 11.5 Å². The first-order valence-corrected chi connectivity index (χ1v) is 8.09. The van der Waals surface area contributed by atoms with Crippen molar-refractivity contribution in [1.29, 1.82) is 0 Å². The summed E-state index contributed by atoms with van der Waals surface area (Å²) in [4.78, 5) is 17.5. The Kier molecular flexibility index (Phi) is 3.93. The Morgan fingerprint density at radius 3 is 2.62 bits per heavy atom. The van der Waals surface area contributed by atoms with E-state index in [4.69, 9.17) is 9.47 Å². The molecule has 0 saturated heterocycles. The number of imidazole rings is 1. The van der Waals surface area contributed by atoms with Gasteiger partial charge in [0.15, 0.2) is 0 Å². The molecular formula is C20H17N3O3. The van der Waals surface area contributed by atoms with Crippen molar-refractivity contribution in [3.8, 4) is 28.4 Å². The van der Waals surface area contributed by atoms with Crippen molar-refractivity contribution in [2.45, 2.75) is 0 Å². The molecule has 0 aliphatic heterocycles. The summed E-state index contributed by atoms with van der Waals surface area (Å²) in [5, 5.41) is 0. The normalized spacial score (nSPS) is 10.8. The molecule has 26 heavy (non-hydrogen) atoms. The van der Waals surface area contributed by atoms with E-state index in [1.54, 1.807) is 31.0 Å². The van der Waals surface area contributed by atoms with Crippen LogP contribution in [0.4, 0.5) is 0 Å². The summed E-state index contributed by atoms with van der Waals surface area (Å²) in [7, 11) is 3.20. The van der Waals surface area contributed by atoms with Gasteiger partial charge in [-0.1, -0.05) is 24.3 Å². The van der Waals surface area contributed by atoms with Gasteiger partial charge in [0.25, 0.3) is 5.56 Å². The first-order chi connectivity index (χ1) is 12.7. The van der Waals surface area contributed by atoms with Gasteiger partial charge in [-0.15, -0.1) is 0 Å². The Bertz CT molecular complexity index is 1140. The molecule has 130 valence electrons. The van der Waals surface area contributed by atoms with Crippen LogP contribution in [0.2, 0.25) is 0 Å². The lowest BCUT2D eigenvalue weighted by Gasteiger charge is -2.10. The molecule has 2 aromatic heterocycles. The first kappa shape index (κ1) is 16.0. The van der Waals surface area contributed by atoms with Crippen molar-refractivity contribution < 1.29 is 9.47 Å². The molecule has 6 nitrogen and oxygen atoms in total. The van der Waals surface area contributed by atoms with Gasteiger partial charge in [0.2, 0.25) is 5.65 Å². The van der Waals surface area contributed by atoms with Crippen molar-refractivity contribution in [3.63, 3.8) is 0 Å². The highest BCUT2D eigenvalue weighted by molar-refractivity contribution is 5.64. The monoisotopic (exact) mass is 347 g/mol. The predicted octanol–water partition coefficient (Wildman–Crippen LogP) is 3.17. The first-order valence-electron chi connectivity index (χ1n) is 8.09. The van der Waals surface area contributed by atoms with Gasteiger partial charge in [-0.2, -0.15) is 0 Å². The minimum Gasteiger partial charge on any atom is -0.497 e. The number of hydrogen-bond donors (Lipinski definition) is 0. The molecular weight excluding hydrogens is 330 g/mol. The van der Waals surface area contributed by atoms with Gasteiger partial charge < -0.3 is 13.9 Å². The second-order valence-electron chi connectivity index (χ2n) is 5.73. The summed E-state index contributed by atoms with van der Waals surface area (Å²) in [5.41, 5.74) is 2.39. The fraction of sp³-hybridized carbons (Fsp3) is 0.100. The van der Waals surface area contributed by atoms with Crippen molar-refractivity contribution in [2.24, 2.45) is 0 Å². The summed E-state index contributed by atoms with van der Waals surface area (Å²) in [6.45, 7) is 0. The van der Waals surface area contributed by atoms with Crippen LogP contribution < -0.4 is 15.0 Å². The van der Waals surface area contributed by atoms with Gasteiger partial charge in [0, 0.05) is 24.2 Å². The number of rotatable bonds is 4. The number of methoxy groups -OCH3 is 2. The van der Waals surface area contributed by atoms with Crippen LogP contribution >= 0.6 is 0 Å². The molecule has 0 amide bonds. The molecule has 0 unspecified atom stereocenters. The largest absolute Gasteiger partial charge is 0.497 e. The number of aromatic nitrogens is 3. The van der Waals surface area contributed by atoms with E-state index in [0.717, 1.165) is 11.3 Å². The third-order valence-corrected chi connectivity index (χ3v) is 4.23. The molecule has 4 rings (SSSR count). The fourth-order valence-electron chi connectivity index (χ4n) is 2.92. The van der Waals surface area contributed by atoms with Gasteiger partial charge in [-0.05, 0) is 24.3 Å². The third kappa shape index (κ3) is 2.61. The van der Waals surface area contributed by atoms with E-state index in [1.165, 1.54) is 4.57 Å². The zero-order valence-electron chi connectivity index (χ0n) is 14.4. The van der Waals surface area contributed by atoms with Crippen molar-refractivity contribution >= 4 is 5.65 Å². The van der Waals surface area contributed by atoms with E-state index in [2.05, 4.69) is 4.98 Å². The van der Waals surface area contributed by atoms with Gasteiger partial charge in [-0.25, -0.2) is 4.98 Å². The average molecular weight is 347 g/mol. The van der Waals surface area contributed by atoms with Gasteiger partial charge in [-0.3, -0.25) is 9.36 Å². The lowest BCUT2D eigenvalue weighted by molar-refractivity contribution is 0.412. The van der Waals surface area contributed by atoms with Crippen LogP contribution in [0.1, 0.15) is 0 Å². The number of nitrogens with zero attached hydrogens (tertiary/aromatic N) is 3. The minimum atomic E-state index is -0.217. The second kappa shape index (κ2) is 6.40. The number of para-hydroxylation sites is 2. The zero-order valence-corrected chi connectivity index (χ0v) is 14.4. The molecule has 2 aromatic carbocycles. The molecule has 0 aliphatic carbocycles. The Morgan fingerprint density at radius 2 is 1.81 bits per heavy atom. The number of hydrogen-bond acceptors (Lipinski definition) is 4. The average Bonchev–Trinajstić information content (AvgIpc) is 3.14. The Balaban J connectivity index is 1.88. The Morgan fingerprint density at radius 1 is 0.962 bits per heavy atom. The highest BCUT2D eigenvalue weighted by Crippen LogP contribution is 2.24. The van der Waals surface area contributed by atoms with E-state index in [-0.39, 0.29) is 5.56 Å². The van der Waals surface area contributed by atoms with Crippen LogP contribution in [0.15, 0.2) is 71.9 Å². The maximum atomic E-state index is 13.0. The maximum Gasteiger partial charge on any atom is 0.298 e. The van der Waals surface area contributed by atoms with E-state index in [1.807, 2.05) is 54.7 Å². The Labute approximate surface area is 149 Å². The fourth-order valence-corrected chi connectivity index (χ4v) is 2.92. The second-order valence-corrected chi connectivity index (χ2v) is 5.73. The van der Waals surface area contributed by atoms with Gasteiger partial charge in [0.05, 0.1) is 25.6 Å². The lowest BCUT2D eigenvalue weighted by Crippen LogP contribution is -2.20. The van der Waals surface area contributed by atoms with Crippen molar-refractivity contribution in [3.05, 3.63) is 77.5 Å². The third-order valence-electron chi connectivity index (χ3n) is 4.23. The maximum absolute atomic E-state index is 13.0. The molecule has 0 N–H and O–H groups in total. The van der Waals surface area contributed by atoms with E-state index in [0.29, 0.717) is 22.8 Å². The van der Waals surface area contributed by atoms with E-state index < -0.39 is 0 Å². The Hall–Kier alpha value is -3.54. The summed E-state index contributed by atoms with van der Waals surface area (Å²) >= 11 is 0. The molecule has 0 aliphatic rings. The zero-order chi connectivity index (χ0) is 18.1. The summed E-state index contributed by atoms with van der Waals surface area (Å²) in [5.74, 6) is 1.37. The van der Waals surface area contributed by atoms with Gasteiger partial charge >= 0.3 is 0 Å². The van der Waals surface area contributed by atoms with Crippen LogP contribution in [0.5, 0.6) is 11.5 Å². The number of fused-ring (bicyclic) bond motifs is 1. The molecule has 2 heterocycles.